The number of fused-ring (bicyclic) bond motifs is 1. The van der Waals surface area contributed by atoms with Crippen molar-refractivity contribution in [3.63, 3.8) is 0 Å². The van der Waals surface area contributed by atoms with Crippen LogP contribution in [0.5, 0.6) is 0 Å². The van der Waals surface area contributed by atoms with E-state index < -0.39 is 22.4 Å². The van der Waals surface area contributed by atoms with Gasteiger partial charge < -0.3 is 9.47 Å². The van der Waals surface area contributed by atoms with Crippen molar-refractivity contribution in [3.05, 3.63) is 70.1 Å². The molecule has 1 aliphatic rings. The second-order valence-corrected chi connectivity index (χ2v) is 7.01. The Labute approximate surface area is 151 Å². The number of benzene rings is 2. The van der Waals surface area contributed by atoms with Crippen molar-refractivity contribution in [2.24, 2.45) is 0 Å². The maximum atomic E-state index is 12.9. The minimum Gasteiger partial charge on any atom is -0.489 e. The average Bonchev–Trinajstić information content (AvgIpc) is 2.63. The Bertz CT molecular complexity index is 931. The standard InChI is InChI=1S/C18H13ClO5S/c1-23-17-15(20)12-4-3-5-13(14(12)16(21)18(17)24-2)25(22)11-8-6-10(19)7-9-11/h3-9H,1-2H3. The topological polar surface area (TPSA) is 69.7 Å². The number of hydrogen-bond donors (Lipinski definition) is 0. The third kappa shape index (κ3) is 2.88. The highest BCUT2D eigenvalue weighted by Gasteiger charge is 2.37. The molecule has 1 unspecified atom stereocenters. The molecule has 128 valence electrons. The van der Waals surface area contributed by atoms with Gasteiger partial charge in [0.2, 0.25) is 23.1 Å². The molecule has 2 aromatic rings. The van der Waals surface area contributed by atoms with Gasteiger partial charge in [-0.3, -0.25) is 9.59 Å². The van der Waals surface area contributed by atoms with Crippen molar-refractivity contribution < 1.29 is 23.3 Å². The third-order valence-electron chi connectivity index (χ3n) is 3.75. The lowest BCUT2D eigenvalue weighted by Gasteiger charge is -2.20. The SMILES string of the molecule is COC1=C(OC)C(=O)c2c(cccc2S(=O)c2ccc(Cl)cc2)C1=O. The number of hydrogen-bond acceptors (Lipinski definition) is 5. The lowest BCUT2D eigenvalue weighted by atomic mass is 9.92. The fraction of sp³-hybridized carbons (Fsp3) is 0.111. The molecule has 1 atom stereocenters. The molecule has 0 radical (unpaired) electrons. The predicted octanol–water partition coefficient (Wildman–Crippen LogP) is 3.39. The summed E-state index contributed by atoms with van der Waals surface area (Å²) in [5, 5.41) is 0.511. The summed E-state index contributed by atoms with van der Waals surface area (Å²) in [6.07, 6.45) is 0. The van der Waals surface area contributed by atoms with Gasteiger partial charge >= 0.3 is 0 Å². The summed E-state index contributed by atoms with van der Waals surface area (Å²) in [5.41, 5.74) is 0.209. The van der Waals surface area contributed by atoms with Crippen molar-refractivity contribution in [1.29, 1.82) is 0 Å². The Hall–Kier alpha value is -2.44. The van der Waals surface area contributed by atoms with Crippen LogP contribution in [0.3, 0.4) is 0 Å². The average molecular weight is 377 g/mol. The van der Waals surface area contributed by atoms with E-state index in [0.717, 1.165) is 0 Å². The van der Waals surface area contributed by atoms with E-state index in [-0.39, 0.29) is 27.5 Å². The molecule has 7 heteroatoms. The largest absolute Gasteiger partial charge is 0.489 e. The predicted molar refractivity (Wildman–Crippen MR) is 92.3 cm³/mol. The molecule has 0 N–H and O–H groups in total. The number of carbonyl (C=O) groups is 2. The van der Waals surface area contributed by atoms with E-state index in [1.807, 2.05) is 0 Å². The van der Waals surface area contributed by atoms with Crippen LogP contribution < -0.4 is 0 Å². The van der Waals surface area contributed by atoms with Gasteiger partial charge in [0, 0.05) is 15.5 Å². The molecule has 5 nitrogen and oxygen atoms in total. The molecule has 25 heavy (non-hydrogen) atoms. The zero-order valence-corrected chi connectivity index (χ0v) is 14.9. The van der Waals surface area contributed by atoms with E-state index in [4.69, 9.17) is 21.1 Å². The summed E-state index contributed by atoms with van der Waals surface area (Å²) in [7, 11) is 0.912. The second-order valence-electron chi connectivity index (χ2n) is 5.13. The van der Waals surface area contributed by atoms with E-state index >= 15 is 0 Å². The molecule has 0 aliphatic heterocycles. The Morgan fingerprint density at radius 1 is 0.880 bits per heavy atom. The third-order valence-corrected chi connectivity index (χ3v) is 5.44. The molecular formula is C18H13ClO5S. The fourth-order valence-electron chi connectivity index (χ4n) is 2.61. The van der Waals surface area contributed by atoms with Crippen molar-refractivity contribution in [2.45, 2.75) is 9.79 Å². The minimum absolute atomic E-state index is 0.0680. The van der Waals surface area contributed by atoms with Crippen LogP contribution in [0.25, 0.3) is 0 Å². The van der Waals surface area contributed by atoms with Crippen LogP contribution in [0.4, 0.5) is 0 Å². The lowest BCUT2D eigenvalue weighted by molar-refractivity contribution is 0.0826. The first-order valence-electron chi connectivity index (χ1n) is 7.21. The first-order chi connectivity index (χ1) is 12.0. The van der Waals surface area contributed by atoms with Crippen LogP contribution in [-0.4, -0.2) is 30.0 Å². The molecule has 2 aromatic carbocycles. The van der Waals surface area contributed by atoms with Crippen molar-refractivity contribution in [3.8, 4) is 0 Å². The summed E-state index contributed by atoms with van der Waals surface area (Å²) in [5.74, 6) is -1.37. The van der Waals surface area contributed by atoms with Crippen LogP contribution >= 0.6 is 11.6 Å². The van der Waals surface area contributed by atoms with Crippen LogP contribution in [0, 0.1) is 0 Å². The first-order valence-corrected chi connectivity index (χ1v) is 8.74. The van der Waals surface area contributed by atoms with Crippen molar-refractivity contribution >= 4 is 34.0 Å². The molecule has 0 bridgehead atoms. The van der Waals surface area contributed by atoms with Crippen LogP contribution in [0.15, 0.2) is 63.8 Å². The van der Waals surface area contributed by atoms with E-state index in [9.17, 15) is 13.8 Å². The van der Waals surface area contributed by atoms with Crippen molar-refractivity contribution in [2.75, 3.05) is 14.2 Å². The number of ether oxygens (including phenoxy) is 2. The zero-order valence-electron chi connectivity index (χ0n) is 13.4. The Balaban J connectivity index is 2.18. The summed E-state index contributed by atoms with van der Waals surface area (Å²) >= 11 is 5.86. The summed E-state index contributed by atoms with van der Waals surface area (Å²) in [4.78, 5) is 26.1. The number of halogens is 1. The van der Waals surface area contributed by atoms with Gasteiger partial charge in [0.25, 0.3) is 0 Å². The molecule has 0 heterocycles. The molecule has 0 spiro atoms. The number of rotatable bonds is 4. The smallest absolute Gasteiger partial charge is 0.233 e. The summed E-state index contributed by atoms with van der Waals surface area (Å²) in [6, 6.07) is 11.1. The molecule has 0 saturated heterocycles. The normalized spacial score (nSPS) is 15.0. The van der Waals surface area contributed by atoms with E-state index in [0.29, 0.717) is 9.92 Å². The molecule has 1 aliphatic carbocycles. The van der Waals surface area contributed by atoms with Gasteiger partial charge in [0.15, 0.2) is 0 Å². The number of allylic oxidation sites excluding steroid dienone is 2. The zero-order chi connectivity index (χ0) is 18.1. The van der Waals surface area contributed by atoms with Crippen molar-refractivity contribution in [1.82, 2.24) is 0 Å². The van der Waals surface area contributed by atoms with Gasteiger partial charge in [0.1, 0.15) is 0 Å². The molecule has 0 amide bonds. The lowest BCUT2D eigenvalue weighted by Crippen LogP contribution is -2.25. The van der Waals surface area contributed by atoms with Crippen LogP contribution in [-0.2, 0) is 20.3 Å². The van der Waals surface area contributed by atoms with Gasteiger partial charge in [-0.15, -0.1) is 0 Å². The van der Waals surface area contributed by atoms with Gasteiger partial charge in [0.05, 0.1) is 35.5 Å². The first kappa shape index (κ1) is 17.4. The molecule has 0 aromatic heterocycles. The monoisotopic (exact) mass is 376 g/mol. The second kappa shape index (κ2) is 6.82. The quantitative estimate of drug-likeness (QED) is 0.818. The van der Waals surface area contributed by atoms with E-state index in [2.05, 4.69) is 0 Å². The van der Waals surface area contributed by atoms with Gasteiger partial charge in [-0.25, -0.2) is 4.21 Å². The molecule has 0 fully saturated rings. The highest BCUT2D eigenvalue weighted by molar-refractivity contribution is 7.85. The maximum Gasteiger partial charge on any atom is 0.233 e. The van der Waals surface area contributed by atoms with Gasteiger partial charge in [-0.1, -0.05) is 23.7 Å². The number of Topliss-reactive ketones (excluding diaryl/α,β-unsaturated/α-hetero) is 2. The Kier molecular flexibility index (Phi) is 4.74. The van der Waals surface area contributed by atoms with Crippen LogP contribution in [0.2, 0.25) is 5.02 Å². The highest BCUT2D eigenvalue weighted by atomic mass is 35.5. The summed E-state index contributed by atoms with van der Waals surface area (Å²) < 4.78 is 23.0. The summed E-state index contributed by atoms with van der Waals surface area (Å²) in [6.45, 7) is 0. The highest BCUT2D eigenvalue weighted by Crippen LogP contribution is 2.32. The molecule has 3 rings (SSSR count). The van der Waals surface area contributed by atoms with E-state index in [1.165, 1.54) is 20.3 Å². The van der Waals surface area contributed by atoms with E-state index in [1.54, 1.807) is 36.4 Å². The number of carbonyl (C=O) groups excluding carboxylic acids is 2. The minimum atomic E-state index is -1.66. The Morgan fingerprint density at radius 2 is 1.48 bits per heavy atom. The fourth-order valence-corrected chi connectivity index (χ4v) is 3.96. The maximum absolute atomic E-state index is 12.9. The molecule has 0 saturated carbocycles. The Morgan fingerprint density at radius 3 is 2.08 bits per heavy atom. The number of methoxy groups -OCH3 is 2. The van der Waals surface area contributed by atoms with Gasteiger partial charge in [-0.05, 0) is 30.3 Å². The van der Waals surface area contributed by atoms with Gasteiger partial charge in [-0.2, -0.15) is 0 Å². The van der Waals surface area contributed by atoms with Crippen LogP contribution in [0.1, 0.15) is 20.7 Å². The molecular weight excluding hydrogens is 364 g/mol. The number of ketones is 2.